The SMILES string of the molecule is O=S1(=O)c2cc(-c3nnc(C(F)F)o3)ccc2CN1[C@@H](c1cnccn1)[C@@H](O)c1cnccn1. The Morgan fingerprint density at radius 2 is 1.71 bits per heavy atom. The number of aliphatic hydroxyl groups is 1. The van der Waals surface area contributed by atoms with Gasteiger partial charge in [-0.25, -0.2) is 8.42 Å². The highest BCUT2D eigenvalue weighted by Crippen LogP contribution is 2.42. The topological polar surface area (TPSA) is 148 Å². The van der Waals surface area contributed by atoms with Gasteiger partial charge >= 0.3 is 6.43 Å². The van der Waals surface area contributed by atoms with Gasteiger partial charge in [0.15, 0.2) is 0 Å². The lowest BCUT2D eigenvalue weighted by Gasteiger charge is -2.29. The Labute approximate surface area is 191 Å². The minimum absolute atomic E-state index is 0.0807. The van der Waals surface area contributed by atoms with Crippen LogP contribution in [0.25, 0.3) is 11.5 Å². The Morgan fingerprint density at radius 3 is 2.32 bits per heavy atom. The van der Waals surface area contributed by atoms with Crippen molar-refractivity contribution < 1.29 is 26.7 Å². The molecular formula is C20H15F2N7O4S. The van der Waals surface area contributed by atoms with Crippen molar-refractivity contribution in [3.8, 4) is 11.5 Å². The molecule has 0 aliphatic carbocycles. The molecule has 0 amide bonds. The summed E-state index contributed by atoms with van der Waals surface area (Å²) in [6, 6.07) is 3.13. The highest BCUT2D eigenvalue weighted by molar-refractivity contribution is 7.89. The number of nitrogens with zero attached hydrogens (tertiary/aromatic N) is 7. The van der Waals surface area contributed by atoms with Gasteiger partial charge in [-0.3, -0.25) is 19.9 Å². The summed E-state index contributed by atoms with van der Waals surface area (Å²) in [6.45, 7) is -0.0807. The molecule has 1 aliphatic rings. The summed E-state index contributed by atoms with van der Waals surface area (Å²) in [5.74, 6) is -1.10. The molecule has 14 heteroatoms. The molecule has 2 atom stereocenters. The van der Waals surface area contributed by atoms with E-state index in [9.17, 15) is 22.3 Å². The average molecular weight is 487 g/mol. The van der Waals surface area contributed by atoms with Gasteiger partial charge in [0.1, 0.15) is 12.1 Å². The van der Waals surface area contributed by atoms with E-state index >= 15 is 0 Å². The predicted molar refractivity (Wildman–Crippen MR) is 109 cm³/mol. The van der Waals surface area contributed by atoms with Gasteiger partial charge in [-0.15, -0.1) is 10.2 Å². The molecule has 0 fully saturated rings. The van der Waals surface area contributed by atoms with E-state index in [1.807, 2.05) is 0 Å². The highest BCUT2D eigenvalue weighted by atomic mass is 32.2. The van der Waals surface area contributed by atoms with Crippen molar-refractivity contribution in [2.45, 2.75) is 30.0 Å². The number of hydrogen-bond donors (Lipinski definition) is 1. The van der Waals surface area contributed by atoms with Crippen LogP contribution in [-0.4, -0.2) is 48.0 Å². The number of benzene rings is 1. The van der Waals surface area contributed by atoms with Crippen LogP contribution in [0.4, 0.5) is 8.78 Å². The van der Waals surface area contributed by atoms with E-state index in [0.29, 0.717) is 5.56 Å². The molecule has 4 heterocycles. The van der Waals surface area contributed by atoms with Crippen molar-refractivity contribution in [3.63, 3.8) is 0 Å². The number of aliphatic hydroxyl groups excluding tert-OH is 1. The zero-order chi connectivity index (χ0) is 23.9. The first-order chi connectivity index (χ1) is 16.4. The summed E-state index contributed by atoms with van der Waals surface area (Å²) >= 11 is 0. The summed E-state index contributed by atoms with van der Waals surface area (Å²) in [7, 11) is -4.17. The Bertz CT molecular complexity index is 1420. The van der Waals surface area contributed by atoms with Crippen LogP contribution in [0, 0.1) is 0 Å². The van der Waals surface area contributed by atoms with Gasteiger partial charge in [-0.05, 0) is 17.7 Å². The third kappa shape index (κ3) is 3.81. The monoisotopic (exact) mass is 487 g/mol. The molecule has 0 saturated heterocycles. The van der Waals surface area contributed by atoms with E-state index in [1.165, 1.54) is 55.4 Å². The lowest BCUT2D eigenvalue weighted by molar-refractivity contribution is 0.0821. The van der Waals surface area contributed by atoms with Crippen molar-refractivity contribution in [1.82, 2.24) is 34.4 Å². The van der Waals surface area contributed by atoms with Crippen LogP contribution < -0.4 is 0 Å². The quantitative estimate of drug-likeness (QED) is 0.429. The first-order valence-electron chi connectivity index (χ1n) is 9.83. The zero-order valence-corrected chi connectivity index (χ0v) is 17.9. The number of aromatic nitrogens is 6. The highest BCUT2D eigenvalue weighted by Gasteiger charge is 2.44. The number of fused-ring (bicyclic) bond motifs is 1. The molecule has 11 nitrogen and oxygen atoms in total. The molecule has 5 rings (SSSR count). The van der Waals surface area contributed by atoms with Gasteiger partial charge in [-0.2, -0.15) is 13.1 Å². The van der Waals surface area contributed by atoms with Gasteiger partial charge in [0.25, 0.3) is 5.89 Å². The van der Waals surface area contributed by atoms with Crippen LogP contribution in [0.5, 0.6) is 0 Å². The molecule has 1 aliphatic heterocycles. The molecular weight excluding hydrogens is 472 g/mol. The average Bonchev–Trinajstić information content (AvgIpc) is 3.44. The van der Waals surface area contributed by atoms with Gasteiger partial charge in [0, 0.05) is 36.9 Å². The molecule has 1 N–H and O–H groups in total. The van der Waals surface area contributed by atoms with Crippen LogP contribution in [0.15, 0.2) is 64.7 Å². The summed E-state index contributed by atoms with van der Waals surface area (Å²) in [6.07, 6.45) is 3.95. The number of alkyl halides is 2. The Kier molecular flexibility index (Phi) is 5.55. The van der Waals surface area contributed by atoms with Crippen LogP contribution in [0.1, 0.15) is 41.4 Å². The third-order valence-electron chi connectivity index (χ3n) is 5.24. The van der Waals surface area contributed by atoms with E-state index in [1.54, 1.807) is 0 Å². The van der Waals surface area contributed by atoms with Crippen LogP contribution in [0.2, 0.25) is 0 Å². The fraction of sp³-hybridized carbons (Fsp3) is 0.200. The Hall–Kier alpha value is -3.75. The first kappa shape index (κ1) is 22.1. The van der Waals surface area contributed by atoms with Crippen molar-refractivity contribution in [3.05, 3.63) is 78.2 Å². The van der Waals surface area contributed by atoms with Crippen molar-refractivity contribution in [2.24, 2.45) is 0 Å². The molecule has 0 spiro atoms. The molecule has 4 aromatic rings. The summed E-state index contributed by atoms with van der Waals surface area (Å²) in [5.41, 5.74) is 0.942. The van der Waals surface area contributed by atoms with Crippen molar-refractivity contribution in [1.29, 1.82) is 0 Å². The smallest absolute Gasteiger partial charge is 0.314 e. The minimum Gasteiger partial charge on any atom is -0.415 e. The van der Waals surface area contributed by atoms with Gasteiger partial charge < -0.3 is 9.52 Å². The van der Waals surface area contributed by atoms with Gasteiger partial charge in [0.2, 0.25) is 15.9 Å². The second-order valence-corrected chi connectivity index (χ2v) is 9.13. The molecule has 3 aromatic heterocycles. The Balaban J connectivity index is 1.56. The molecule has 1 aromatic carbocycles. The minimum atomic E-state index is -4.17. The number of rotatable bonds is 6. The van der Waals surface area contributed by atoms with Gasteiger partial charge in [-0.1, -0.05) is 6.07 Å². The molecule has 34 heavy (non-hydrogen) atoms. The first-order valence-corrected chi connectivity index (χ1v) is 11.3. The lowest BCUT2D eigenvalue weighted by Crippen LogP contribution is -2.34. The molecule has 0 unspecified atom stereocenters. The molecule has 174 valence electrons. The van der Waals surface area contributed by atoms with E-state index in [-0.39, 0.29) is 34.3 Å². The number of sulfonamides is 1. The van der Waals surface area contributed by atoms with Crippen LogP contribution in [0.3, 0.4) is 0 Å². The van der Waals surface area contributed by atoms with Gasteiger partial charge in [0.05, 0.1) is 28.7 Å². The normalized spacial score (nSPS) is 16.9. The van der Waals surface area contributed by atoms with E-state index < -0.39 is 34.5 Å². The van der Waals surface area contributed by atoms with Crippen LogP contribution >= 0.6 is 0 Å². The standard InChI is InChI=1S/C20H15F2N7O4S/c21-18(22)20-28-27-19(33-20)11-1-2-12-10-29(34(31,32)15(12)7-11)16(13-8-23-3-5-25-13)17(30)14-9-24-4-6-26-14/h1-9,16-18,30H,10H2/t16-,17-/m0/s1. The van der Waals surface area contributed by atoms with E-state index in [2.05, 4.69) is 30.1 Å². The maximum absolute atomic E-state index is 13.6. The zero-order valence-electron chi connectivity index (χ0n) is 17.1. The third-order valence-corrected chi connectivity index (χ3v) is 7.15. The fourth-order valence-electron chi connectivity index (χ4n) is 3.68. The summed E-state index contributed by atoms with van der Waals surface area (Å²) in [5, 5.41) is 18.0. The predicted octanol–water partition coefficient (Wildman–Crippen LogP) is 2.23. The van der Waals surface area contributed by atoms with Crippen molar-refractivity contribution >= 4 is 10.0 Å². The van der Waals surface area contributed by atoms with E-state index in [4.69, 9.17) is 4.42 Å². The van der Waals surface area contributed by atoms with Crippen molar-refractivity contribution in [2.75, 3.05) is 0 Å². The summed E-state index contributed by atoms with van der Waals surface area (Å²) < 4.78 is 58.8. The van der Waals surface area contributed by atoms with E-state index in [0.717, 1.165) is 4.31 Å². The summed E-state index contributed by atoms with van der Waals surface area (Å²) in [4.78, 5) is 16.2. The number of halogens is 2. The lowest BCUT2D eigenvalue weighted by atomic mass is 10.0. The Morgan fingerprint density at radius 1 is 1.00 bits per heavy atom. The maximum Gasteiger partial charge on any atom is 0.314 e. The fourth-order valence-corrected chi connectivity index (χ4v) is 5.50. The molecule has 0 bridgehead atoms. The largest absolute Gasteiger partial charge is 0.415 e. The van der Waals surface area contributed by atoms with Crippen LogP contribution in [-0.2, 0) is 16.6 Å². The second-order valence-electron chi connectivity index (χ2n) is 7.27. The molecule has 0 saturated carbocycles. The second kappa shape index (κ2) is 8.55. The maximum atomic E-state index is 13.6. The number of hydrogen-bond acceptors (Lipinski definition) is 10. The molecule has 0 radical (unpaired) electrons.